The number of nitrogens with one attached hydrogen (secondary N) is 2. The minimum absolute atomic E-state index is 0.390. The van der Waals surface area contributed by atoms with Crippen molar-refractivity contribution in [2.75, 3.05) is 5.32 Å². The van der Waals surface area contributed by atoms with Crippen LogP contribution in [0.25, 0.3) is 22.4 Å². The van der Waals surface area contributed by atoms with Crippen LogP contribution >= 0.6 is 0 Å². The Hall–Kier alpha value is -3.72. The first kappa shape index (κ1) is 20.9. The van der Waals surface area contributed by atoms with Crippen LogP contribution in [-0.2, 0) is 0 Å². The van der Waals surface area contributed by atoms with Gasteiger partial charge in [0, 0.05) is 34.8 Å². The Kier molecular flexibility index (Phi) is 5.26. The molecular weight excluding hydrogens is 425 g/mol. The Morgan fingerprint density at radius 2 is 1.79 bits per heavy atom. The molecule has 4 aromatic rings. The Bertz CT molecular complexity index is 1390. The number of hydrogen-bond donors (Lipinski definition) is 2. The zero-order valence-electron chi connectivity index (χ0n) is 19.1. The van der Waals surface area contributed by atoms with E-state index in [0.29, 0.717) is 46.0 Å². The average Bonchev–Trinajstić information content (AvgIpc) is 3.29. The van der Waals surface area contributed by atoms with Gasteiger partial charge in [0.15, 0.2) is 5.82 Å². The van der Waals surface area contributed by atoms with Crippen LogP contribution in [0.4, 0.5) is 10.2 Å². The van der Waals surface area contributed by atoms with E-state index in [1.165, 1.54) is 37.9 Å². The van der Waals surface area contributed by atoms with Crippen LogP contribution in [0.1, 0.15) is 43.9 Å². The molecule has 0 saturated heterocycles. The molecule has 0 spiro atoms. The molecule has 0 aliphatic heterocycles. The third kappa shape index (κ3) is 3.92. The lowest BCUT2D eigenvalue weighted by molar-refractivity contribution is 0.0928. The van der Waals surface area contributed by atoms with Gasteiger partial charge in [0.2, 0.25) is 0 Å². The fourth-order valence-corrected chi connectivity index (χ4v) is 5.70. The summed E-state index contributed by atoms with van der Waals surface area (Å²) in [6.45, 7) is 2.36. The van der Waals surface area contributed by atoms with E-state index in [1.807, 2.05) is 36.4 Å². The summed E-state index contributed by atoms with van der Waals surface area (Å²) in [6.07, 6.45) is 8.21. The number of aromatic nitrogens is 4. The highest BCUT2D eigenvalue weighted by Gasteiger charge is 2.41. The van der Waals surface area contributed by atoms with Gasteiger partial charge in [0.1, 0.15) is 23.0 Å². The molecule has 2 bridgehead atoms. The van der Waals surface area contributed by atoms with Gasteiger partial charge in [-0.2, -0.15) is 0 Å². The average molecular weight is 452 g/mol. The fraction of sp³-hybridized carbons (Fsp3) is 0.321. The largest absolute Gasteiger partial charge is 0.367 e. The second-order valence-corrected chi connectivity index (χ2v) is 9.53. The van der Waals surface area contributed by atoms with Gasteiger partial charge in [-0.3, -0.25) is 0 Å². The van der Waals surface area contributed by atoms with Gasteiger partial charge in [0.25, 0.3) is 0 Å². The van der Waals surface area contributed by atoms with Gasteiger partial charge >= 0.3 is 0 Å². The van der Waals surface area contributed by atoms with Crippen molar-refractivity contribution >= 4 is 16.9 Å². The minimum Gasteiger partial charge on any atom is -0.367 e. The summed E-state index contributed by atoms with van der Waals surface area (Å²) in [6, 6.07) is 13.7. The molecule has 170 valence electrons. The summed E-state index contributed by atoms with van der Waals surface area (Å²) in [7, 11) is 0. The summed E-state index contributed by atoms with van der Waals surface area (Å²) in [5, 5.41) is 4.40. The maximum Gasteiger partial charge on any atom is 0.165 e. The van der Waals surface area contributed by atoms with E-state index in [9.17, 15) is 4.39 Å². The SMILES string of the molecule is C[C@H]1C2CCC(CC2)[C@@H]1Nc1cc(C#Cc2ccccc2)nc(-c2c[nH]c3ncc(F)cc23)n1. The van der Waals surface area contributed by atoms with Crippen LogP contribution in [-0.4, -0.2) is 26.0 Å². The monoisotopic (exact) mass is 451 g/mol. The second kappa shape index (κ2) is 8.57. The molecule has 0 amide bonds. The molecule has 5 nitrogen and oxygen atoms in total. The highest BCUT2D eigenvalue weighted by atomic mass is 19.1. The van der Waals surface area contributed by atoms with Gasteiger partial charge in [-0.05, 0) is 67.6 Å². The Morgan fingerprint density at radius 3 is 2.59 bits per heavy atom. The van der Waals surface area contributed by atoms with Crippen LogP contribution < -0.4 is 5.32 Å². The van der Waals surface area contributed by atoms with Crippen LogP contribution in [0.15, 0.2) is 54.9 Å². The number of benzene rings is 1. The summed E-state index contributed by atoms with van der Waals surface area (Å²) in [4.78, 5) is 16.9. The zero-order chi connectivity index (χ0) is 23.1. The first-order valence-corrected chi connectivity index (χ1v) is 12.0. The molecule has 0 unspecified atom stereocenters. The van der Waals surface area contributed by atoms with Crippen LogP contribution in [0.3, 0.4) is 0 Å². The number of pyridine rings is 1. The minimum atomic E-state index is -0.390. The third-order valence-electron chi connectivity index (χ3n) is 7.52. The molecule has 3 heterocycles. The third-order valence-corrected chi connectivity index (χ3v) is 7.52. The summed E-state index contributed by atoms with van der Waals surface area (Å²) in [5.41, 5.74) is 2.87. The number of fused-ring (bicyclic) bond motifs is 4. The van der Waals surface area contributed by atoms with Crippen molar-refractivity contribution in [1.29, 1.82) is 0 Å². The molecule has 7 rings (SSSR count). The van der Waals surface area contributed by atoms with Gasteiger partial charge in [-0.15, -0.1) is 0 Å². The second-order valence-electron chi connectivity index (χ2n) is 9.53. The number of anilines is 1. The summed E-state index contributed by atoms with van der Waals surface area (Å²) in [5.74, 6) is 9.35. The van der Waals surface area contributed by atoms with E-state index < -0.39 is 5.82 Å². The molecule has 3 aliphatic carbocycles. The van der Waals surface area contributed by atoms with E-state index in [2.05, 4.69) is 34.0 Å². The molecule has 34 heavy (non-hydrogen) atoms. The van der Waals surface area contributed by atoms with Gasteiger partial charge in [0.05, 0.1) is 6.20 Å². The zero-order valence-corrected chi connectivity index (χ0v) is 19.1. The Labute approximate surface area is 198 Å². The molecule has 1 aromatic carbocycles. The highest BCUT2D eigenvalue weighted by molar-refractivity contribution is 5.91. The number of hydrogen-bond acceptors (Lipinski definition) is 4. The Morgan fingerprint density at radius 1 is 1.00 bits per heavy atom. The van der Waals surface area contributed by atoms with Crippen molar-refractivity contribution in [3.63, 3.8) is 0 Å². The van der Waals surface area contributed by atoms with Crippen LogP contribution in [0.5, 0.6) is 0 Å². The Balaban J connectivity index is 1.42. The van der Waals surface area contributed by atoms with Crippen molar-refractivity contribution < 1.29 is 4.39 Å². The lowest BCUT2D eigenvalue weighted by Gasteiger charge is -2.47. The van der Waals surface area contributed by atoms with Crippen LogP contribution in [0, 0.1) is 35.4 Å². The van der Waals surface area contributed by atoms with E-state index in [4.69, 9.17) is 9.97 Å². The summed E-state index contributed by atoms with van der Waals surface area (Å²) < 4.78 is 14.0. The van der Waals surface area contributed by atoms with Crippen molar-refractivity contribution in [3.8, 4) is 23.2 Å². The van der Waals surface area contributed by atoms with E-state index in [1.54, 1.807) is 6.20 Å². The molecule has 3 saturated carbocycles. The molecule has 3 aliphatic rings. The molecule has 0 radical (unpaired) electrons. The molecule has 2 atom stereocenters. The van der Waals surface area contributed by atoms with Crippen molar-refractivity contribution in [2.24, 2.45) is 17.8 Å². The van der Waals surface area contributed by atoms with Crippen LogP contribution in [0.2, 0.25) is 0 Å². The molecular formula is C28H26FN5. The number of aromatic amines is 1. The maximum atomic E-state index is 14.0. The maximum absolute atomic E-state index is 14.0. The molecule has 2 N–H and O–H groups in total. The normalized spacial score (nSPS) is 23.5. The molecule has 3 fully saturated rings. The van der Waals surface area contributed by atoms with Gasteiger partial charge < -0.3 is 10.3 Å². The quantitative estimate of drug-likeness (QED) is 0.387. The van der Waals surface area contributed by atoms with E-state index >= 15 is 0 Å². The van der Waals surface area contributed by atoms with E-state index in [-0.39, 0.29) is 0 Å². The lowest BCUT2D eigenvalue weighted by Crippen LogP contribution is -2.47. The highest BCUT2D eigenvalue weighted by Crippen LogP contribution is 2.46. The van der Waals surface area contributed by atoms with E-state index in [0.717, 1.165) is 17.3 Å². The van der Waals surface area contributed by atoms with Crippen molar-refractivity contribution in [2.45, 2.75) is 38.6 Å². The van der Waals surface area contributed by atoms with Crippen molar-refractivity contribution in [1.82, 2.24) is 19.9 Å². The number of halogens is 1. The van der Waals surface area contributed by atoms with Gasteiger partial charge in [-0.1, -0.05) is 31.0 Å². The number of nitrogens with zero attached hydrogens (tertiary/aromatic N) is 3. The number of H-pyrrole nitrogens is 1. The predicted octanol–water partition coefficient (Wildman–Crippen LogP) is 5.80. The number of rotatable bonds is 3. The smallest absolute Gasteiger partial charge is 0.165 e. The fourth-order valence-electron chi connectivity index (χ4n) is 5.70. The first-order valence-electron chi connectivity index (χ1n) is 12.0. The standard InChI is InChI=1S/C28H26FN5/c1-17-19-8-10-20(11-9-19)26(17)33-25-14-22(12-7-18-5-3-2-4-6-18)32-28(34-25)24-16-31-27-23(24)13-21(29)15-30-27/h2-6,13-17,19-20,26H,8-11H2,1H3,(H,30,31)(H,32,33,34)/t17-,19?,20?,26+/m0/s1. The topological polar surface area (TPSA) is 66.5 Å². The summed E-state index contributed by atoms with van der Waals surface area (Å²) >= 11 is 0. The predicted molar refractivity (Wildman–Crippen MR) is 132 cm³/mol. The molecule has 6 heteroatoms. The van der Waals surface area contributed by atoms with Crippen molar-refractivity contribution in [3.05, 3.63) is 71.9 Å². The lowest BCUT2D eigenvalue weighted by atomic mass is 9.62. The van der Waals surface area contributed by atoms with Gasteiger partial charge in [-0.25, -0.2) is 19.3 Å². The first-order chi connectivity index (χ1) is 16.6. The molecule has 3 aromatic heterocycles.